The zero-order chi connectivity index (χ0) is 8.67. The predicted octanol–water partition coefficient (Wildman–Crippen LogP) is 1.57. The molecule has 3 rings (SSSR count). The second kappa shape index (κ2) is 2.55. The Morgan fingerprint density at radius 1 is 1.38 bits per heavy atom. The molecule has 0 atom stereocenters. The minimum atomic E-state index is 1.03. The topological polar surface area (TPSA) is 30.7 Å². The first kappa shape index (κ1) is 7.06. The minimum Gasteiger partial charge on any atom is -0.341 e. The Labute approximate surface area is 76.4 Å². The summed E-state index contributed by atoms with van der Waals surface area (Å²) in [6.45, 7) is 1.10. The van der Waals surface area contributed by atoms with Gasteiger partial charge in [-0.15, -0.1) is 0 Å². The Balaban J connectivity index is 2.34. The van der Waals surface area contributed by atoms with Crippen LogP contribution in [0.25, 0.3) is 11.0 Å². The third kappa shape index (κ3) is 0.963. The molecule has 2 aromatic rings. The molecule has 65 valence electrons. The van der Waals surface area contributed by atoms with Crippen LogP contribution in [0.5, 0.6) is 0 Å². The molecule has 0 saturated heterocycles. The Bertz CT molecular complexity index is 444. The molecule has 3 nitrogen and oxygen atoms in total. The number of aryl methyl sites for hydroxylation is 2. The summed E-state index contributed by atoms with van der Waals surface area (Å²) >= 11 is 0. The zero-order valence-electron chi connectivity index (χ0n) is 7.32. The molecule has 0 N–H and O–H groups in total. The minimum absolute atomic E-state index is 1.03. The van der Waals surface area contributed by atoms with Crippen LogP contribution in [0.15, 0.2) is 12.4 Å². The second-order valence-electron chi connectivity index (χ2n) is 3.46. The molecule has 1 aliphatic rings. The van der Waals surface area contributed by atoms with Gasteiger partial charge in [0.05, 0.1) is 11.0 Å². The number of nitrogens with zero attached hydrogens (tertiary/aromatic N) is 3. The fraction of sp³-hybridized carbons (Fsp3) is 0.400. The van der Waals surface area contributed by atoms with Crippen LogP contribution in [-0.2, 0) is 13.0 Å². The summed E-state index contributed by atoms with van der Waals surface area (Å²) in [6, 6.07) is 2.16. The van der Waals surface area contributed by atoms with Gasteiger partial charge < -0.3 is 4.57 Å². The van der Waals surface area contributed by atoms with Gasteiger partial charge >= 0.3 is 0 Å². The molecule has 3 heterocycles. The molecule has 0 saturated carbocycles. The average Bonchev–Trinajstić information content (AvgIpc) is 2.56. The van der Waals surface area contributed by atoms with Gasteiger partial charge in [-0.25, -0.2) is 9.97 Å². The molecule has 1 radical (unpaired) electrons. The van der Waals surface area contributed by atoms with Crippen LogP contribution < -0.4 is 0 Å². The first-order chi connectivity index (χ1) is 6.45. The first-order valence-electron chi connectivity index (χ1n) is 4.66. The van der Waals surface area contributed by atoms with Gasteiger partial charge in [0.1, 0.15) is 12.5 Å². The van der Waals surface area contributed by atoms with Gasteiger partial charge in [-0.05, 0) is 25.3 Å². The molecule has 3 heteroatoms. The molecule has 13 heavy (non-hydrogen) atoms. The van der Waals surface area contributed by atoms with E-state index in [4.69, 9.17) is 0 Å². The Hall–Kier alpha value is -1.38. The van der Waals surface area contributed by atoms with Crippen LogP contribution in [-0.4, -0.2) is 14.5 Å². The Kier molecular flexibility index (Phi) is 1.39. The van der Waals surface area contributed by atoms with E-state index in [2.05, 4.69) is 26.8 Å². The highest BCUT2D eigenvalue weighted by Gasteiger charge is 2.12. The van der Waals surface area contributed by atoms with Crippen molar-refractivity contribution in [3.8, 4) is 0 Å². The smallest absolute Gasteiger partial charge is 0.119 e. The van der Waals surface area contributed by atoms with E-state index >= 15 is 0 Å². The van der Waals surface area contributed by atoms with Crippen molar-refractivity contribution < 1.29 is 0 Å². The highest BCUT2D eigenvalue weighted by atomic mass is 15.0. The summed E-state index contributed by atoms with van der Waals surface area (Å²) in [5, 5.41) is 0. The molecule has 0 bridgehead atoms. The molecule has 0 aliphatic carbocycles. The molecule has 0 spiro atoms. The van der Waals surface area contributed by atoms with Crippen LogP contribution in [0.2, 0.25) is 0 Å². The molecule has 1 aliphatic heterocycles. The number of hydrogen-bond acceptors (Lipinski definition) is 2. The fourth-order valence-corrected chi connectivity index (χ4v) is 2.02. The lowest BCUT2D eigenvalue weighted by atomic mass is 10.1. The fourth-order valence-electron chi connectivity index (χ4n) is 2.02. The summed E-state index contributed by atoms with van der Waals surface area (Å²) in [6.07, 6.45) is 8.30. The largest absolute Gasteiger partial charge is 0.341 e. The number of hydrogen-bond donors (Lipinski definition) is 0. The van der Waals surface area contributed by atoms with E-state index in [-0.39, 0.29) is 0 Å². The zero-order valence-corrected chi connectivity index (χ0v) is 7.32. The van der Waals surface area contributed by atoms with E-state index < -0.39 is 0 Å². The maximum atomic E-state index is 4.22. The van der Waals surface area contributed by atoms with E-state index in [1.165, 1.54) is 25.0 Å². The van der Waals surface area contributed by atoms with Crippen molar-refractivity contribution in [3.05, 3.63) is 24.3 Å². The molecule has 2 aromatic heterocycles. The molecular formula is C10H10N3. The SMILES string of the molecule is [c]1ncnc2cc3n(c12)CCCC3. The van der Waals surface area contributed by atoms with E-state index in [0.717, 1.165) is 17.6 Å². The van der Waals surface area contributed by atoms with E-state index in [1.807, 2.05) is 0 Å². The first-order valence-corrected chi connectivity index (χ1v) is 4.66. The van der Waals surface area contributed by atoms with Gasteiger partial charge in [-0.2, -0.15) is 0 Å². The number of rotatable bonds is 0. The van der Waals surface area contributed by atoms with Gasteiger partial charge in [-0.1, -0.05) is 0 Å². The standard InChI is InChI=1S/C10H10N3/c1-2-4-13-8(3-1)5-9-10(13)6-11-7-12-9/h5,7H,1-4H2. The maximum absolute atomic E-state index is 4.22. The summed E-state index contributed by atoms with van der Waals surface area (Å²) in [7, 11) is 0. The summed E-state index contributed by atoms with van der Waals surface area (Å²) in [4.78, 5) is 8.16. The van der Waals surface area contributed by atoms with E-state index in [9.17, 15) is 0 Å². The second-order valence-corrected chi connectivity index (χ2v) is 3.46. The number of fused-ring (bicyclic) bond motifs is 3. The monoisotopic (exact) mass is 172 g/mol. The van der Waals surface area contributed by atoms with Crippen molar-refractivity contribution in [1.29, 1.82) is 0 Å². The predicted molar refractivity (Wildman–Crippen MR) is 49.3 cm³/mol. The third-order valence-electron chi connectivity index (χ3n) is 2.65. The molecule has 0 unspecified atom stereocenters. The molecule has 0 amide bonds. The van der Waals surface area contributed by atoms with E-state index in [1.54, 1.807) is 6.33 Å². The molecular weight excluding hydrogens is 162 g/mol. The van der Waals surface area contributed by atoms with Crippen molar-refractivity contribution >= 4 is 11.0 Å². The summed E-state index contributed by atoms with van der Waals surface area (Å²) < 4.78 is 2.29. The van der Waals surface area contributed by atoms with Gasteiger partial charge in [-0.3, -0.25) is 0 Å². The van der Waals surface area contributed by atoms with Gasteiger partial charge in [0.15, 0.2) is 0 Å². The summed E-state index contributed by atoms with van der Waals surface area (Å²) in [5.41, 5.74) is 3.49. The van der Waals surface area contributed by atoms with Gasteiger partial charge in [0.2, 0.25) is 0 Å². The maximum Gasteiger partial charge on any atom is 0.119 e. The van der Waals surface area contributed by atoms with Crippen LogP contribution in [0, 0.1) is 6.20 Å². The lowest BCUT2D eigenvalue weighted by Gasteiger charge is -2.14. The lowest BCUT2D eigenvalue weighted by Crippen LogP contribution is -2.09. The number of aromatic nitrogens is 3. The van der Waals surface area contributed by atoms with Crippen LogP contribution in [0.1, 0.15) is 18.5 Å². The van der Waals surface area contributed by atoms with Crippen molar-refractivity contribution in [2.24, 2.45) is 0 Å². The normalized spacial score (nSPS) is 16.0. The van der Waals surface area contributed by atoms with Crippen molar-refractivity contribution in [2.75, 3.05) is 0 Å². The Morgan fingerprint density at radius 3 is 3.38 bits per heavy atom. The lowest BCUT2D eigenvalue weighted by molar-refractivity contribution is 0.544. The van der Waals surface area contributed by atoms with Crippen molar-refractivity contribution in [1.82, 2.24) is 14.5 Å². The van der Waals surface area contributed by atoms with Crippen LogP contribution >= 0.6 is 0 Å². The quantitative estimate of drug-likeness (QED) is 0.604. The summed E-state index contributed by atoms with van der Waals surface area (Å²) in [5.74, 6) is 0. The van der Waals surface area contributed by atoms with Crippen molar-refractivity contribution in [2.45, 2.75) is 25.8 Å². The van der Waals surface area contributed by atoms with Gasteiger partial charge in [0, 0.05) is 12.2 Å². The third-order valence-corrected chi connectivity index (χ3v) is 2.65. The average molecular weight is 172 g/mol. The highest BCUT2D eigenvalue weighted by molar-refractivity contribution is 5.75. The van der Waals surface area contributed by atoms with Crippen molar-refractivity contribution in [3.63, 3.8) is 0 Å². The van der Waals surface area contributed by atoms with Crippen LogP contribution in [0.4, 0.5) is 0 Å². The van der Waals surface area contributed by atoms with Gasteiger partial charge in [0.25, 0.3) is 0 Å². The van der Waals surface area contributed by atoms with E-state index in [0.29, 0.717) is 0 Å². The Morgan fingerprint density at radius 2 is 2.38 bits per heavy atom. The van der Waals surface area contributed by atoms with Crippen LogP contribution in [0.3, 0.4) is 0 Å². The highest BCUT2D eigenvalue weighted by Crippen LogP contribution is 2.22. The molecule has 0 fully saturated rings. The molecule has 0 aromatic carbocycles.